The summed E-state index contributed by atoms with van der Waals surface area (Å²) in [5.41, 5.74) is 0.243. The largest absolute Gasteiger partial charge is 0.522 e. The quantitative estimate of drug-likeness (QED) is 0.386. The molecule has 1 saturated carbocycles. The monoisotopic (exact) mass is 595 g/mol. The Labute approximate surface area is 238 Å². The molecule has 1 aliphatic heterocycles. The molecule has 0 spiro atoms. The van der Waals surface area contributed by atoms with Crippen molar-refractivity contribution >= 4 is 34.5 Å². The van der Waals surface area contributed by atoms with Crippen LogP contribution in [0, 0.1) is 0 Å². The number of fused-ring (bicyclic) bond motifs is 1. The van der Waals surface area contributed by atoms with Gasteiger partial charge in [0.15, 0.2) is 0 Å². The highest BCUT2D eigenvalue weighted by atomic mass is 35.5. The van der Waals surface area contributed by atoms with Crippen molar-refractivity contribution in [1.29, 1.82) is 0 Å². The van der Waals surface area contributed by atoms with E-state index in [1.807, 2.05) is 0 Å². The molecule has 3 heterocycles. The molecule has 0 bridgehead atoms. The van der Waals surface area contributed by atoms with Crippen LogP contribution in [0.4, 0.5) is 18.0 Å². The standard InChI is InChI=1S/C27H29ClF3N5O5/c1-26(2,3)41-25(38)36-13-18(33-22(37)16-8-14-4-5-17(28)11-20(14)32-12-16)6-7-21(36)24-35-34-23(39-24)15-9-19(10-15)40-27(29,30)31/h4-5,8,11-12,15,18-19,21H,6-7,9-10,13H2,1-3H3,(H,33,37)/t15?,18-,19?,21+/m0/s1. The number of ether oxygens (including phenoxy) is 2. The van der Waals surface area contributed by atoms with Crippen LogP contribution in [0.2, 0.25) is 5.02 Å². The van der Waals surface area contributed by atoms with Crippen molar-refractivity contribution in [3.8, 4) is 0 Å². The number of nitrogens with zero attached hydrogens (tertiary/aromatic N) is 4. The van der Waals surface area contributed by atoms with E-state index in [4.69, 9.17) is 20.8 Å². The van der Waals surface area contributed by atoms with Crippen molar-refractivity contribution in [2.45, 2.75) is 82.5 Å². The van der Waals surface area contributed by atoms with E-state index in [0.717, 1.165) is 5.39 Å². The second kappa shape index (κ2) is 11.1. The number of amides is 2. The van der Waals surface area contributed by atoms with Gasteiger partial charge in [0.25, 0.3) is 5.91 Å². The molecule has 5 rings (SSSR count). The number of hydrogen-bond donors (Lipinski definition) is 1. The Hall–Kier alpha value is -3.45. The lowest BCUT2D eigenvalue weighted by molar-refractivity contribution is -0.352. The Bertz CT molecular complexity index is 1440. The fourth-order valence-electron chi connectivity index (χ4n) is 4.95. The first-order valence-electron chi connectivity index (χ1n) is 13.2. The van der Waals surface area contributed by atoms with Gasteiger partial charge in [-0.15, -0.1) is 23.4 Å². The molecular weight excluding hydrogens is 567 g/mol. The van der Waals surface area contributed by atoms with Crippen LogP contribution in [0.1, 0.15) is 80.6 Å². The summed E-state index contributed by atoms with van der Waals surface area (Å²) in [7, 11) is 0. The van der Waals surface area contributed by atoms with Crippen LogP contribution >= 0.6 is 11.6 Å². The zero-order chi connectivity index (χ0) is 29.5. The molecule has 2 atom stereocenters. The number of nitrogens with one attached hydrogen (secondary N) is 1. The summed E-state index contributed by atoms with van der Waals surface area (Å²) in [6, 6.07) is 5.89. The molecule has 10 nitrogen and oxygen atoms in total. The topological polar surface area (TPSA) is 120 Å². The third-order valence-corrected chi connectivity index (χ3v) is 7.17. The first kappa shape index (κ1) is 29.1. The van der Waals surface area contributed by atoms with Gasteiger partial charge in [0.1, 0.15) is 11.6 Å². The lowest BCUT2D eigenvalue weighted by atomic mass is 9.82. The second-order valence-corrected chi connectivity index (χ2v) is 11.7. The summed E-state index contributed by atoms with van der Waals surface area (Å²) in [6.45, 7) is 5.34. The predicted octanol–water partition coefficient (Wildman–Crippen LogP) is 5.92. The molecule has 1 saturated heterocycles. The van der Waals surface area contributed by atoms with Crippen LogP contribution in [0.5, 0.6) is 0 Å². The molecule has 0 unspecified atom stereocenters. The lowest BCUT2D eigenvalue weighted by Gasteiger charge is -2.38. The number of rotatable bonds is 5. The molecule has 3 aromatic rings. The summed E-state index contributed by atoms with van der Waals surface area (Å²) in [5, 5.41) is 12.4. The number of hydrogen-bond acceptors (Lipinski definition) is 8. The predicted molar refractivity (Wildman–Crippen MR) is 140 cm³/mol. The highest BCUT2D eigenvalue weighted by Crippen LogP contribution is 2.42. The minimum absolute atomic E-state index is 0.104. The van der Waals surface area contributed by atoms with Crippen molar-refractivity contribution in [2.24, 2.45) is 0 Å². The molecule has 1 aromatic carbocycles. The van der Waals surface area contributed by atoms with Gasteiger partial charge in [0.2, 0.25) is 11.8 Å². The zero-order valence-corrected chi connectivity index (χ0v) is 23.3. The Kier molecular flexibility index (Phi) is 7.86. The van der Waals surface area contributed by atoms with Crippen LogP contribution in [0.15, 0.2) is 34.9 Å². The normalized spacial score (nSPS) is 23.2. The minimum Gasteiger partial charge on any atom is -0.444 e. The summed E-state index contributed by atoms with van der Waals surface area (Å²) in [4.78, 5) is 32.1. The molecule has 2 aliphatic rings. The summed E-state index contributed by atoms with van der Waals surface area (Å²) >= 11 is 6.02. The van der Waals surface area contributed by atoms with E-state index in [1.54, 1.807) is 45.0 Å². The number of pyridine rings is 1. The second-order valence-electron chi connectivity index (χ2n) is 11.3. The number of benzene rings is 1. The number of carbonyl (C=O) groups is 2. The Morgan fingerprint density at radius 2 is 1.83 bits per heavy atom. The molecule has 41 heavy (non-hydrogen) atoms. The average molecular weight is 596 g/mol. The van der Waals surface area contributed by atoms with Gasteiger partial charge >= 0.3 is 12.5 Å². The average Bonchev–Trinajstić information content (AvgIpc) is 3.33. The van der Waals surface area contributed by atoms with Crippen LogP contribution in [-0.2, 0) is 9.47 Å². The maximum Gasteiger partial charge on any atom is 0.522 e. The molecule has 1 aliphatic carbocycles. The van der Waals surface area contributed by atoms with Crippen molar-refractivity contribution in [2.75, 3.05) is 6.54 Å². The first-order valence-corrected chi connectivity index (χ1v) is 13.6. The van der Waals surface area contributed by atoms with Crippen molar-refractivity contribution in [1.82, 2.24) is 25.4 Å². The van der Waals surface area contributed by atoms with E-state index < -0.39 is 36.2 Å². The molecule has 0 radical (unpaired) electrons. The molecule has 2 amide bonds. The van der Waals surface area contributed by atoms with E-state index in [2.05, 4.69) is 25.2 Å². The van der Waals surface area contributed by atoms with Crippen LogP contribution in [-0.4, -0.2) is 62.7 Å². The fourth-order valence-corrected chi connectivity index (χ4v) is 5.12. The molecule has 1 N–H and O–H groups in total. The summed E-state index contributed by atoms with van der Waals surface area (Å²) in [5.74, 6) is -0.344. The number of carbonyl (C=O) groups excluding carboxylic acids is 2. The van der Waals surface area contributed by atoms with Crippen molar-refractivity contribution in [3.05, 3.63) is 52.8 Å². The number of piperidine rings is 1. The van der Waals surface area contributed by atoms with Gasteiger partial charge < -0.3 is 14.5 Å². The minimum atomic E-state index is -4.70. The van der Waals surface area contributed by atoms with Crippen LogP contribution in [0.25, 0.3) is 10.9 Å². The molecule has 2 fully saturated rings. The van der Waals surface area contributed by atoms with Gasteiger partial charge in [-0.3, -0.25) is 19.4 Å². The third kappa shape index (κ3) is 7.07. The number of aromatic nitrogens is 3. The van der Waals surface area contributed by atoms with Gasteiger partial charge in [-0.1, -0.05) is 17.7 Å². The Balaban J connectivity index is 1.28. The van der Waals surface area contributed by atoms with E-state index in [9.17, 15) is 22.8 Å². The molecule has 2 aromatic heterocycles. The SMILES string of the molecule is CC(C)(C)OC(=O)N1C[C@@H](NC(=O)c2cnc3cc(Cl)ccc3c2)CC[C@@H]1c1nnc(C2CC(OC(F)(F)F)C2)o1. The maximum absolute atomic E-state index is 13.2. The highest BCUT2D eigenvalue weighted by molar-refractivity contribution is 6.31. The molecule has 220 valence electrons. The zero-order valence-electron chi connectivity index (χ0n) is 22.6. The third-order valence-electron chi connectivity index (χ3n) is 6.94. The van der Waals surface area contributed by atoms with Crippen molar-refractivity contribution < 1.29 is 36.7 Å². The molecule has 14 heteroatoms. The van der Waals surface area contributed by atoms with E-state index in [0.29, 0.717) is 28.9 Å². The van der Waals surface area contributed by atoms with Gasteiger partial charge in [-0.2, -0.15) is 0 Å². The lowest BCUT2D eigenvalue weighted by Crippen LogP contribution is -2.52. The highest BCUT2D eigenvalue weighted by Gasteiger charge is 2.44. The number of alkyl halides is 3. The van der Waals surface area contributed by atoms with Crippen LogP contribution < -0.4 is 5.32 Å². The van der Waals surface area contributed by atoms with Crippen molar-refractivity contribution in [3.63, 3.8) is 0 Å². The van der Waals surface area contributed by atoms with Gasteiger partial charge in [0.05, 0.1) is 17.2 Å². The van der Waals surface area contributed by atoms with Gasteiger partial charge in [-0.05, 0) is 64.7 Å². The fraction of sp³-hybridized carbons (Fsp3) is 0.519. The first-order chi connectivity index (χ1) is 19.2. The summed E-state index contributed by atoms with van der Waals surface area (Å²) < 4.78 is 52.9. The van der Waals surface area contributed by atoms with E-state index >= 15 is 0 Å². The summed E-state index contributed by atoms with van der Waals surface area (Å²) in [6.07, 6.45) is -3.72. The van der Waals surface area contributed by atoms with E-state index in [-0.39, 0.29) is 43.0 Å². The maximum atomic E-state index is 13.2. The van der Waals surface area contributed by atoms with Crippen LogP contribution in [0.3, 0.4) is 0 Å². The number of likely N-dealkylation sites (tertiary alicyclic amines) is 1. The smallest absolute Gasteiger partial charge is 0.444 e. The Morgan fingerprint density at radius 1 is 1.10 bits per heavy atom. The molecular formula is C27H29ClF3N5O5. The Morgan fingerprint density at radius 3 is 2.54 bits per heavy atom. The van der Waals surface area contributed by atoms with E-state index in [1.165, 1.54) is 11.1 Å². The number of halogens is 4. The van der Waals surface area contributed by atoms with Gasteiger partial charge in [0, 0.05) is 35.1 Å². The van der Waals surface area contributed by atoms with Gasteiger partial charge in [-0.25, -0.2) is 4.79 Å².